The first-order valence-corrected chi connectivity index (χ1v) is 9.53. The second kappa shape index (κ2) is 8.77. The lowest BCUT2D eigenvalue weighted by Crippen LogP contribution is -2.19. The van der Waals surface area contributed by atoms with E-state index in [1.165, 1.54) is 37.3 Å². The van der Waals surface area contributed by atoms with Crippen molar-refractivity contribution in [1.82, 2.24) is 0 Å². The molecule has 0 fully saturated rings. The Morgan fingerprint density at radius 3 is 2.60 bits per heavy atom. The molecule has 0 spiro atoms. The number of carbonyl (C=O) groups is 2. The zero-order valence-corrected chi connectivity index (χ0v) is 16.9. The van der Waals surface area contributed by atoms with Crippen LogP contribution < -0.4 is 14.8 Å². The lowest BCUT2D eigenvalue weighted by atomic mass is 10.0. The van der Waals surface area contributed by atoms with Gasteiger partial charge in [0.25, 0.3) is 11.6 Å². The lowest BCUT2D eigenvalue weighted by Gasteiger charge is -2.12. The van der Waals surface area contributed by atoms with Gasteiger partial charge in [-0.15, -0.1) is 0 Å². The summed E-state index contributed by atoms with van der Waals surface area (Å²) in [7, 11) is 0. The minimum absolute atomic E-state index is 0.0476. The molecule has 1 amide bonds. The number of nitro benzene ring substituents is 1. The number of nitrogens with one attached hydrogen (secondary N) is 1. The number of carbonyl (C=O) groups excluding carboxylic acids is 2. The van der Waals surface area contributed by atoms with Crippen LogP contribution in [-0.2, 0) is 16.0 Å². The molecule has 0 saturated carbocycles. The van der Waals surface area contributed by atoms with E-state index in [0.29, 0.717) is 29.4 Å². The van der Waals surface area contributed by atoms with Gasteiger partial charge in [-0.2, -0.15) is 0 Å². The minimum atomic E-state index is -0.617. The quantitative estimate of drug-likeness (QED) is 0.244. The van der Waals surface area contributed by atoms with E-state index < -0.39 is 16.6 Å². The van der Waals surface area contributed by atoms with Gasteiger partial charge in [0.05, 0.1) is 17.1 Å². The third-order valence-electron chi connectivity index (χ3n) is 4.59. The number of hydrogen-bond donors (Lipinski definition) is 1. The SMILES string of the molecule is CCOc1cc2c(cc1/C=C(\C(C)=O)C(=O)Nc1ccc([N+](=O)[O-])cc1)O[C@H](C)C2. The summed E-state index contributed by atoms with van der Waals surface area (Å²) in [5, 5.41) is 13.4. The van der Waals surface area contributed by atoms with Crippen LogP contribution in [0.1, 0.15) is 31.9 Å². The van der Waals surface area contributed by atoms with Crippen molar-refractivity contribution in [3.8, 4) is 11.5 Å². The summed E-state index contributed by atoms with van der Waals surface area (Å²) in [6, 6.07) is 9.01. The Labute approximate surface area is 173 Å². The number of Topliss-reactive ketones (excluding diaryl/α,β-unsaturated/α-hetero) is 1. The number of anilines is 1. The molecule has 1 N–H and O–H groups in total. The number of nitrogens with zero attached hydrogens (tertiary/aromatic N) is 1. The molecule has 3 rings (SSSR count). The second-order valence-corrected chi connectivity index (χ2v) is 6.94. The lowest BCUT2D eigenvalue weighted by molar-refractivity contribution is -0.384. The molecule has 1 aliphatic heterocycles. The Hall–Kier alpha value is -3.68. The van der Waals surface area contributed by atoms with E-state index in [0.717, 1.165) is 12.0 Å². The van der Waals surface area contributed by atoms with Crippen LogP contribution in [0.2, 0.25) is 0 Å². The molecule has 0 aromatic heterocycles. The highest BCUT2D eigenvalue weighted by atomic mass is 16.6. The third kappa shape index (κ3) is 4.65. The monoisotopic (exact) mass is 410 g/mol. The van der Waals surface area contributed by atoms with Gasteiger partial charge in [-0.05, 0) is 51.1 Å². The van der Waals surface area contributed by atoms with E-state index >= 15 is 0 Å². The molecule has 1 heterocycles. The number of fused-ring (bicyclic) bond motifs is 1. The molecule has 0 aliphatic carbocycles. The van der Waals surface area contributed by atoms with Crippen LogP contribution in [0.15, 0.2) is 42.0 Å². The fourth-order valence-electron chi connectivity index (χ4n) is 3.20. The van der Waals surface area contributed by atoms with E-state index in [2.05, 4.69) is 5.32 Å². The summed E-state index contributed by atoms with van der Waals surface area (Å²) in [6.45, 7) is 5.55. The van der Waals surface area contributed by atoms with Gasteiger partial charge in [-0.1, -0.05) is 0 Å². The van der Waals surface area contributed by atoms with E-state index in [1.807, 2.05) is 19.9 Å². The normalized spacial score (nSPS) is 15.2. The molecule has 0 bridgehead atoms. The average Bonchev–Trinajstić information content (AvgIpc) is 3.05. The van der Waals surface area contributed by atoms with E-state index in [9.17, 15) is 19.7 Å². The van der Waals surface area contributed by atoms with Crippen LogP contribution >= 0.6 is 0 Å². The Balaban J connectivity index is 1.92. The molecule has 0 unspecified atom stereocenters. The predicted octanol–water partition coefficient (Wildman–Crippen LogP) is 3.93. The third-order valence-corrected chi connectivity index (χ3v) is 4.59. The number of rotatable bonds is 7. The van der Waals surface area contributed by atoms with E-state index in [1.54, 1.807) is 6.07 Å². The smallest absolute Gasteiger partial charge is 0.269 e. The summed E-state index contributed by atoms with van der Waals surface area (Å²) in [4.78, 5) is 35.1. The van der Waals surface area contributed by atoms with Gasteiger partial charge in [0.1, 0.15) is 17.6 Å². The number of nitro groups is 1. The standard InChI is InChI=1S/C22H22N2O6/c1-4-29-20-11-15-9-13(2)30-21(15)12-16(20)10-19(14(3)25)22(26)23-17-5-7-18(8-6-17)24(27)28/h5-8,10-13H,4,9H2,1-3H3,(H,23,26)/b19-10+/t13-/m1/s1. The number of amides is 1. The molecule has 2 aromatic carbocycles. The maximum absolute atomic E-state index is 12.7. The highest BCUT2D eigenvalue weighted by Crippen LogP contribution is 2.36. The molecular weight excluding hydrogens is 388 g/mol. The van der Waals surface area contributed by atoms with Crippen LogP contribution in [0, 0.1) is 10.1 Å². The van der Waals surface area contributed by atoms with Crippen molar-refractivity contribution in [2.45, 2.75) is 33.3 Å². The Kier molecular flexibility index (Phi) is 6.15. The molecule has 1 aliphatic rings. The van der Waals surface area contributed by atoms with Crippen molar-refractivity contribution in [3.05, 3.63) is 63.2 Å². The van der Waals surface area contributed by atoms with Crippen molar-refractivity contribution in [3.63, 3.8) is 0 Å². The van der Waals surface area contributed by atoms with Crippen LogP contribution in [0.4, 0.5) is 11.4 Å². The first-order chi connectivity index (χ1) is 14.3. The van der Waals surface area contributed by atoms with Gasteiger partial charge in [-0.25, -0.2) is 0 Å². The zero-order valence-electron chi connectivity index (χ0n) is 16.9. The molecule has 30 heavy (non-hydrogen) atoms. The maximum atomic E-state index is 12.7. The summed E-state index contributed by atoms with van der Waals surface area (Å²) >= 11 is 0. The highest BCUT2D eigenvalue weighted by Gasteiger charge is 2.23. The fraction of sp³-hybridized carbons (Fsp3) is 0.273. The van der Waals surface area contributed by atoms with E-state index in [4.69, 9.17) is 9.47 Å². The predicted molar refractivity (Wildman–Crippen MR) is 112 cm³/mol. The maximum Gasteiger partial charge on any atom is 0.269 e. The zero-order chi connectivity index (χ0) is 21.8. The molecule has 1 atom stereocenters. The highest BCUT2D eigenvalue weighted by molar-refractivity contribution is 6.25. The number of non-ortho nitro benzene ring substituents is 1. The summed E-state index contributed by atoms with van der Waals surface area (Å²) in [6.07, 6.45) is 2.28. The molecule has 0 saturated heterocycles. The number of benzene rings is 2. The summed E-state index contributed by atoms with van der Waals surface area (Å²) in [5.74, 6) is 0.229. The van der Waals surface area contributed by atoms with Crippen LogP contribution in [0.25, 0.3) is 6.08 Å². The number of ether oxygens (including phenoxy) is 2. The number of ketones is 1. The molecule has 8 heteroatoms. The van der Waals surface area contributed by atoms with Gasteiger partial charge in [0.15, 0.2) is 5.78 Å². The molecule has 0 radical (unpaired) electrons. The topological polar surface area (TPSA) is 108 Å². The number of hydrogen-bond acceptors (Lipinski definition) is 6. The fourth-order valence-corrected chi connectivity index (χ4v) is 3.20. The molecule has 2 aromatic rings. The van der Waals surface area contributed by atoms with Crippen LogP contribution in [-0.4, -0.2) is 29.3 Å². The Morgan fingerprint density at radius 2 is 2.00 bits per heavy atom. The van der Waals surface area contributed by atoms with E-state index in [-0.39, 0.29) is 17.4 Å². The van der Waals surface area contributed by atoms with Gasteiger partial charge in [-0.3, -0.25) is 19.7 Å². The van der Waals surface area contributed by atoms with Gasteiger partial charge >= 0.3 is 0 Å². The Morgan fingerprint density at radius 1 is 1.30 bits per heavy atom. The van der Waals surface area contributed by atoms with Gasteiger partial charge < -0.3 is 14.8 Å². The van der Waals surface area contributed by atoms with Crippen molar-refractivity contribution in [1.29, 1.82) is 0 Å². The average molecular weight is 410 g/mol. The second-order valence-electron chi connectivity index (χ2n) is 6.94. The molecule has 156 valence electrons. The Bertz CT molecular complexity index is 1030. The van der Waals surface area contributed by atoms with Gasteiger partial charge in [0, 0.05) is 35.4 Å². The van der Waals surface area contributed by atoms with Crippen LogP contribution in [0.5, 0.6) is 11.5 Å². The minimum Gasteiger partial charge on any atom is -0.493 e. The molecular formula is C22H22N2O6. The van der Waals surface area contributed by atoms with Crippen molar-refractivity contribution in [2.24, 2.45) is 0 Å². The summed E-state index contributed by atoms with van der Waals surface area (Å²) in [5.41, 5.74) is 1.76. The van der Waals surface area contributed by atoms with Crippen molar-refractivity contribution in [2.75, 3.05) is 11.9 Å². The van der Waals surface area contributed by atoms with Crippen molar-refractivity contribution < 1.29 is 24.0 Å². The summed E-state index contributed by atoms with van der Waals surface area (Å²) < 4.78 is 11.5. The van der Waals surface area contributed by atoms with Crippen LogP contribution in [0.3, 0.4) is 0 Å². The van der Waals surface area contributed by atoms with Crippen molar-refractivity contribution >= 4 is 29.1 Å². The first-order valence-electron chi connectivity index (χ1n) is 9.53. The largest absolute Gasteiger partial charge is 0.493 e. The molecule has 8 nitrogen and oxygen atoms in total. The first kappa shape index (κ1) is 21.0. The van der Waals surface area contributed by atoms with Gasteiger partial charge in [0.2, 0.25) is 0 Å².